The molecule has 0 fully saturated rings. The third kappa shape index (κ3) is 7.35. The Morgan fingerprint density at radius 2 is 1.54 bits per heavy atom. The molecule has 0 spiro atoms. The van der Waals surface area contributed by atoms with Gasteiger partial charge in [-0.15, -0.1) is 13.3 Å². The fourth-order valence-corrected chi connectivity index (χ4v) is 3.01. The van der Waals surface area contributed by atoms with Crippen LogP contribution in [0.1, 0.15) is 81.1 Å². The Morgan fingerprint density at radius 3 is 1.75 bits per heavy atom. The van der Waals surface area contributed by atoms with Crippen LogP contribution in [0.4, 0.5) is 0 Å². The van der Waals surface area contributed by atoms with Gasteiger partial charge in [-0.25, -0.2) is 22.8 Å². The van der Waals surface area contributed by atoms with Gasteiger partial charge >= 0.3 is 37.9 Å². The molecule has 0 atom stereocenters. The van der Waals surface area contributed by atoms with Crippen molar-refractivity contribution in [2.75, 3.05) is 0 Å². The van der Waals surface area contributed by atoms with Crippen molar-refractivity contribution in [1.82, 2.24) is 0 Å². The first kappa shape index (κ1) is 24.4. The molecule has 0 heterocycles. The van der Waals surface area contributed by atoms with Gasteiger partial charge in [-0.05, 0) is 0 Å². The molecular formula is C21H32Cl2Zr. The first-order valence-electron chi connectivity index (χ1n) is 8.77. The van der Waals surface area contributed by atoms with E-state index in [1.807, 2.05) is 0 Å². The van der Waals surface area contributed by atoms with E-state index in [4.69, 9.17) is 17.0 Å². The Hall–Kier alpha value is 0.423. The van der Waals surface area contributed by atoms with Crippen molar-refractivity contribution in [1.29, 1.82) is 0 Å². The molecular weight excluding hydrogens is 414 g/mol. The second-order valence-corrected chi connectivity index (χ2v) is 10.5. The first-order valence-corrected chi connectivity index (χ1v) is 15.1. The zero-order valence-corrected chi connectivity index (χ0v) is 20.6. The molecule has 3 heteroatoms. The molecule has 0 bridgehead atoms. The van der Waals surface area contributed by atoms with Crippen LogP contribution in [-0.4, -0.2) is 0 Å². The summed E-state index contributed by atoms with van der Waals surface area (Å²) in [5.74, 6) is 0. The zero-order valence-electron chi connectivity index (χ0n) is 16.6. The quantitative estimate of drug-likeness (QED) is 0.384. The van der Waals surface area contributed by atoms with Crippen molar-refractivity contribution < 1.29 is 20.8 Å². The minimum atomic E-state index is -0.826. The van der Waals surface area contributed by atoms with E-state index in [2.05, 4.69) is 67.5 Å². The van der Waals surface area contributed by atoms with Gasteiger partial charge in [-0.1, -0.05) is 73.1 Å². The third-order valence-corrected chi connectivity index (χ3v) is 4.95. The number of allylic oxidation sites excluding steroid dienone is 8. The van der Waals surface area contributed by atoms with Crippen LogP contribution in [0.15, 0.2) is 33.4 Å². The van der Waals surface area contributed by atoms with E-state index < -0.39 is 20.8 Å². The van der Waals surface area contributed by atoms with Crippen molar-refractivity contribution in [3.63, 3.8) is 0 Å². The van der Waals surface area contributed by atoms with Crippen LogP contribution in [0.2, 0.25) is 0 Å². The Morgan fingerprint density at radius 1 is 1.00 bits per heavy atom. The van der Waals surface area contributed by atoms with Gasteiger partial charge in [0.2, 0.25) is 0 Å². The molecule has 0 aromatic rings. The molecule has 0 saturated carbocycles. The van der Waals surface area contributed by atoms with E-state index in [1.54, 1.807) is 5.57 Å². The SMILES string of the molecule is CC1=[C-]C(C)(C)C(C)=C1C.CCC1=[C-]C(CC)=C(CC)C1.[Cl][Zr+2][Cl]. The summed E-state index contributed by atoms with van der Waals surface area (Å²) in [7, 11) is 9.87. The van der Waals surface area contributed by atoms with Gasteiger partial charge in [0.1, 0.15) is 0 Å². The average molecular weight is 447 g/mol. The molecule has 134 valence electrons. The molecule has 24 heavy (non-hydrogen) atoms. The number of hydrogen-bond acceptors (Lipinski definition) is 0. The van der Waals surface area contributed by atoms with Crippen molar-refractivity contribution in [3.8, 4) is 0 Å². The third-order valence-electron chi connectivity index (χ3n) is 4.95. The normalized spacial score (nSPS) is 18.2. The molecule has 0 aromatic heterocycles. The van der Waals surface area contributed by atoms with Crippen molar-refractivity contribution in [2.45, 2.75) is 81.1 Å². The van der Waals surface area contributed by atoms with Crippen LogP contribution >= 0.6 is 17.0 Å². The molecule has 2 rings (SSSR count). The van der Waals surface area contributed by atoms with Gasteiger partial charge < -0.3 is 0 Å². The van der Waals surface area contributed by atoms with Crippen molar-refractivity contribution in [2.24, 2.45) is 5.41 Å². The standard InChI is InChI=1S/C11H17.C10H15.2ClH.Zr/c1-4-9-7-10(5-2)11(6-3)8-9;1-7-6-10(4,5)9(3)8(7)2;;;/h4-7H2,1-3H3;1-5H3;2*1H;/q2*-1;;;+4/p-2. The Balaban J connectivity index is 0.000000381. The van der Waals surface area contributed by atoms with Crippen LogP contribution in [0.3, 0.4) is 0 Å². The summed E-state index contributed by atoms with van der Waals surface area (Å²) >= 11 is -0.826. The summed E-state index contributed by atoms with van der Waals surface area (Å²) < 4.78 is 0. The van der Waals surface area contributed by atoms with E-state index in [0.717, 1.165) is 6.42 Å². The summed E-state index contributed by atoms with van der Waals surface area (Å²) in [5.41, 5.74) is 8.98. The predicted octanol–water partition coefficient (Wildman–Crippen LogP) is 8.13. The molecule has 0 unspecified atom stereocenters. The van der Waals surface area contributed by atoms with E-state index in [-0.39, 0.29) is 5.41 Å². The van der Waals surface area contributed by atoms with Crippen LogP contribution in [0.5, 0.6) is 0 Å². The molecule has 2 aliphatic carbocycles. The van der Waals surface area contributed by atoms with E-state index >= 15 is 0 Å². The van der Waals surface area contributed by atoms with Crippen LogP contribution in [0.25, 0.3) is 0 Å². The molecule has 0 nitrogen and oxygen atoms in total. The van der Waals surface area contributed by atoms with Gasteiger partial charge in [0, 0.05) is 0 Å². The topological polar surface area (TPSA) is 0 Å². The molecule has 2 aliphatic rings. The maximum atomic E-state index is 4.93. The van der Waals surface area contributed by atoms with Gasteiger partial charge in [0.05, 0.1) is 0 Å². The summed E-state index contributed by atoms with van der Waals surface area (Å²) in [6, 6.07) is 0. The zero-order chi connectivity index (χ0) is 18.9. The fourth-order valence-electron chi connectivity index (χ4n) is 3.01. The molecule has 0 radical (unpaired) electrons. The molecule has 0 amide bonds. The van der Waals surface area contributed by atoms with Crippen LogP contribution in [-0.2, 0) is 20.8 Å². The fraction of sp³-hybridized carbons (Fsp3) is 0.619. The summed E-state index contributed by atoms with van der Waals surface area (Å²) in [5, 5.41) is 0. The number of hydrogen-bond donors (Lipinski definition) is 0. The first-order chi connectivity index (χ1) is 11.2. The Labute approximate surface area is 169 Å². The number of halogens is 2. The summed E-state index contributed by atoms with van der Waals surface area (Å²) in [6.45, 7) is 17.6. The van der Waals surface area contributed by atoms with Gasteiger partial charge in [0.15, 0.2) is 0 Å². The van der Waals surface area contributed by atoms with Gasteiger partial charge in [-0.2, -0.15) is 16.7 Å². The van der Waals surface area contributed by atoms with Crippen molar-refractivity contribution >= 4 is 17.0 Å². The summed E-state index contributed by atoms with van der Waals surface area (Å²) in [4.78, 5) is 0. The molecule has 0 aromatic carbocycles. The van der Waals surface area contributed by atoms with Crippen molar-refractivity contribution in [3.05, 3.63) is 45.6 Å². The monoisotopic (exact) mass is 444 g/mol. The second-order valence-electron chi connectivity index (χ2n) is 6.74. The molecule has 0 N–H and O–H groups in total. The van der Waals surface area contributed by atoms with E-state index in [0.29, 0.717) is 0 Å². The maximum absolute atomic E-state index is 4.93. The van der Waals surface area contributed by atoms with Gasteiger partial charge in [0.25, 0.3) is 0 Å². The minimum absolute atomic E-state index is 0.189. The predicted molar refractivity (Wildman–Crippen MR) is 106 cm³/mol. The van der Waals surface area contributed by atoms with Gasteiger partial charge in [-0.3, -0.25) is 6.08 Å². The van der Waals surface area contributed by atoms with Crippen LogP contribution in [0, 0.1) is 17.6 Å². The number of rotatable bonds is 3. The molecule has 0 aliphatic heterocycles. The van der Waals surface area contributed by atoms with Crippen LogP contribution < -0.4 is 0 Å². The van der Waals surface area contributed by atoms with E-state index in [1.165, 1.54) is 47.1 Å². The van der Waals surface area contributed by atoms with E-state index in [9.17, 15) is 0 Å². The Bertz CT molecular complexity index is 534. The molecule has 0 saturated heterocycles. The Kier molecular flexibility index (Phi) is 12.1. The summed E-state index contributed by atoms with van der Waals surface area (Å²) in [6.07, 6.45) is 11.7. The second kappa shape index (κ2) is 11.9. The average Bonchev–Trinajstić information content (AvgIpc) is 3.03.